The largest absolute Gasteiger partial charge is 0.366 e. The summed E-state index contributed by atoms with van der Waals surface area (Å²) in [6, 6.07) is 14.7. The average Bonchev–Trinajstić information content (AvgIpc) is 2.98. The van der Waals surface area contributed by atoms with Gasteiger partial charge in [-0.05, 0) is 35.0 Å². The van der Waals surface area contributed by atoms with Crippen molar-refractivity contribution in [2.75, 3.05) is 0 Å². The standard InChI is InChI=1S/C15H12BrN5O/c16-13-7-1-10(2-8-13)9-21-19-15(18-20-21)12-5-3-11(4-6-12)14(17)22/h1-8H,9H2,(H2,17,22). The van der Waals surface area contributed by atoms with E-state index in [4.69, 9.17) is 5.73 Å². The topological polar surface area (TPSA) is 86.7 Å². The van der Waals surface area contributed by atoms with Gasteiger partial charge in [-0.15, -0.1) is 10.2 Å². The van der Waals surface area contributed by atoms with Gasteiger partial charge >= 0.3 is 0 Å². The van der Waals surface area contributed by atoms with E-state index >= 15 is 0 Å². The molecular weight excluding hydrogens is 346 g/mol. The molecule has 0 bridgehead atoms. The number of tetrazole rings is 1. The molecule has 1 heterocycles. The molecule has 6 nitrogen and oxygen atoms in total. The van der Waals surface area contributed by atoms with Gasteiger partial charge in [0.25, 0.3) is 0 Å². The average molecular weight is 358 g/mol. The molecule has 7 heteroatoms. The number of carbonyl (C=O) groups is 1. The molecule has 0 spiro atoms. The first-order valence-corrected chi connectivity index (χ1v) is 7.33. The van der Waals surface area contributed by atoms with Crippen molar-refractivity contribution in [1.82, 2.24) is 20.2 Å². The van der Waals surface area contributed by atoms with Crippen molar-refractivity contribution < 1.29 is 4.79 Å². The zero-order valence-electron chi connectivity index (χ0n) is 11.5. The van der Waals surface area contributed by atoms with E-state index < -0.39 is 5.91 Å². The maximum Gasteiger partial charge on any atom is 0.248 e. The molecule has 110 valence electrons. The Bertz CT molecular complexity index is 796. The Morgan fingerprint density at radius 1 is 1.09 bits per heavy atom. The predicted octanol–water partition coefficient (Wildman–Crippen LogP) is 2.25. The highest BCUT2D eigenvalue weighted by Gasteiger charge is 2.07. The van der Waals surface area contributed by atoms with Gasteiger partial charge in [0.1, 0.15) is 0 Å². The van der Waals surface area contributed by atoms with Crippen LogP contribution in [0.5, 0.6) is 0 Å². The summed E-state index contributed by atoms with van der Waals surface area (Å²) in [7, 11) is 0. The van der Waals surface area contributed by atoms with E-state index in [0.717, 1.165) is 15.6 Å². The summed E-state index contributed by atoms with van der Waals surface area (Å²) in [5.41, 5.74) is 7.53. The Balaban J connectivity index is 1.78. The van der Waals surface area contributed by atoms with E-state index in [9.17, 15) is 4.79 Å². The Hall–Kier alpha value is -2.54. The van der Waals surface area contributed by atoms with Crippen molar-refractivity contribution >= 4 is 21.8 Å². The second-order valence-corrected chi connectivity index (χ2v) is 5.63. The number of benzene rings is 2. The molecule has 3 rings (SSSR count). The van der Waals surface area contributed by atoms with Gasteiger partial charge in [-0.1, -0.05) is 40.2 Å². The molecule has 1 aromatic heterocycles. The third kappa shape index (κ3) is 3.20. The number of nitrogens with two attached hydrogens (primary N) is 1. The molecule has 0 aliphatic rings. The van der Waals surface area contributed by atoms with Crippen LogP contribution in [0.15, 0.2) is 53.0 Å². The van der Waals surface area contributed by atoms with Crippen LogP contribution in [0.25, 0.3) is 11.4 Å². The van der Waals surface area contributed by atoms with E-state index in [2.05, 4.69) is 31.3 Å². The first kappa shape index (κ1) is 14.4. The van der Waals surface area contributed by atoms with Crippen LogP contribution in [-0.2, 0) is 6.54 Å². The Morgan fingerprint density at radius 3 is 2.41 bits per heavy atom. The van der Waals surface area contributed by atoms with E-state index in [-0.39, 0.29) is 0 Å². The highest BCUT2D eigenvalue weighted by atomic mass is 79.9. The quantitative estimate of drug-likeness (QED) is 0.775. The summed E-state index contributed by atoms with van der Waals surface area (Å²) in [4.78, 5) is 12.6. The minimum Gasteiger partial charge on any atom is -0.366 e. The molecule has 0 atom stereocenters. The van der Waals surface area contributed by atoms with E-state index in [1.165, 1.54) is 4.80 Å². The van der Waals surface area contributed by atoms with Gasteiger partial charge < -0.3 is 5.73 Å². The van der Waals surface area contributed by atoms with E-state index in [1.807, 2.05) is 24.3 Å². The van der Waals surface area contributed by atoms with Gasteiger partial charge in [-0.25, -0.2) is 0 Å². The number of hydrogen-bond donors (Lipinski definition) is 1. The summed E-state index contributed by atoms with van der Waals surface area (Å²) in [5, 5.41) is 12.4. The summed E-state index contributed by atoms with van der Waals surface area (Å²) in [6.07, 6.45) is 0. The van der Waals surface area contributed by atoms with Gasteiger partial charge in [-0.2, -0.15) is 4.80 Å². The molecule has 0 radical (unpaired) electrons. The van der Waals surface area contributed by atoms with Crippen LogP contribution in [0.1, 0.15) is 15.9 Å². The molecule has 0 aliphatic heterocycles. The van der Waals surface area contributed by atoms with Crippen molar-refractivity contribution in [3.05, 3.63) is 64.1 Å². The molecule has 0 unspecified atom stereocenters. The lowest BCUT2D eigenvalue weighted by Gasteiger charge is -1.99. The number of amides is 1. The molecule has 0 saturated carbocycles. The maximum absolute atomic E-state index is 11.1. The van der Waals surface area contributed by atoms with Crippen molar-refractivity contribution in [2.45, 2.75) is 6.54 Å². The third-order valence-electron chi connectivity index (χ3n) is 3.12. The fourth-order valence-electron chi connectivity index (χ4n) is 1.96. The number of rotatable bonds is 4. The maximum atomic E-state index is 11.1. The van der Waals surface area contributed by atoms with Crippen molar-refractivity contribution in [3.63, 3.8) is 0 Å². The molecule has 3 aromatic rings. The Labute approximate surface area is 135 Å². The van der Waals surface area contributed by atoms with Crippen LogP contribution in [0, 0.1) is 0 Å². The van der Waals surface area contributed by atoms with Crippen LogP contribution in [0.4, 0.5) is 0 Å². The van der Waals surface area contributed by atoms with Crippen LogP contribution >= 0.6 is 15.9 Å². The molecule has 0 aliphatic carbocycles. The smallest absolute Gasteiger partial charge is 0.248 e. The monoisotopic (exact) mass is 357 g/mol. The van der Waals surface area contributed by atoms with Crippen LogP contribution in [-0.4, -0.2) is 26.1 Å². The Kier molecular flexibility index (Phi) is 3.97. The SMILES string of the molecule is NC(=O)c1ccc(-c2nnn(Cc3ccc(Br)cc3)n2)cc1. The fraction of sp³-hybridized carbons (Fsp3) is 0.0667. The zero-order valence-corrected chi connectivity index (χ0v) is 13.1. The first-order valence-electron chi connectivity index (χ1n) is 6.54. The second kappa shape index (κ2) is 6.07. The predicted molar refractivity (Wildman–Crippen MR) is 85.0 cm³/mol. The minimum absolute atomic E-state index is 0.450. The number of primary amides is 1. The normalized spacial score (nSPS) is 10.6. The van der Waals surface area contributed by atoms with E-state index in [1.54, 1.807) is 24.3 Å². The van der Waals surface area contributed by atoms with Gasteiger partial charge in [0.2, 0.25) is 11.7 Å². The lowest BCUT2D eigenvalue weighted by atomic mass is 10.1. The van der Waals surface area contributed by atoms with Crippen molar-refractivity contribution in [1.29, 1.82) is 0 Å². The molecular formula is C15H12BrN5O. The molecule has 0 fully saturated rings. The highest BCUT2D eigenvalue weighted by molar-refractivity contribution is 9.10. The summed E-state index contributed by atoms with van der Waals surface area (Å²) in [5.74, 6) is 0.0477. The molecule has 2 aromatic carbocycles. The summed E-state index contributed by atoms with van der Waals surface area (Å²) in [6.45, 7) is 0.541. The lowest BCUT2D eigenvalue weighted by molar-refractivity contribution is 0.100. The molecule has 2 N–H and O–H groups in total. The van der Waals surface area contributed by atoms with E-state index in [0.29, 0.717) is 17.9 Å². The minimum atomic E-state index is -0.460. The summed E-state index contributed by atoms with van der Waals surface area (Å²) >= 11 is 3.40. The zero-order chi connectivity index (χ0) is 15.5. The van der Waals surface area contributed by atoms with Gasteiger partial charge in [-0.3, -0.25) is 4.79 Å². The van der Waals surface area contributed by atoms with Crippen molar-refractivity contribution in [2.24, 2.45) is 5.73 Å². The molecule has 22 heavy (non-hydrogen) atoms. The van der Waals surface area contributed by atoms with Crippen molar-refractivity contribution in [3.8, 4) is 11.4 Å². The first-order chi connectivity index (χ1) is 10.6. The molecule has 1 amide bonds. The Morgan fingerprint density at radius 2 is 1.77 bits per heavy atom. The number of carbonyl (C=O) groups excluding carboxylic acids is 1. The summed E-state index contributed by atoms with van der Waals surface area (Å²) < 4.78 is 1.03. The lowest BCUT2D eigenvalue weighted by Crippen LogP contribution is -2.10. The number of hydrogen-bond acceptors (Lipinski definition) is 4. The van der Waals surface area contributed by atoms with Crippen LogP contribution in [0.2, 0.25) is 0 Å². The van der Waals surface area contributed by atoms with Gasteiger partial charge in [0.05, 0.1) is 6.54 Å². The second-order valence-electron chi connectivity index (χ2n) is 4.71. The van der Waals surface area contributed by atoms with Crippen LogP contribution < -0.4 is 5.73 Å². The number of aromatic nitrogens is 4. The van der Waals surface area contributed by atoms with Gasteiger partial charge in [0.15, 0.2) is 0 Å². The number of halogens is 1. The van der Waals surface area contributed by atoms with Crippen LogP contribution in [0.3, 0.4) is 0 Å². The highest BCUT2D eigenvalue weighted by Crippen LogP contribution is 2.15. The van der Waals surface area contributed by atoms with Gasteiger partial charge in [0, 0.05) is 15.6 Å². The fourth-order valence-corrected chi connectivity index (χ4v) is 2.23. The number of nitrogens with zero attached hydrogens (tertiary/aromatic N) is 4. The molecule has 0 saturated heterocycles. The third-order valence-corrected chi connectivity index (χ3v) is 3.65.